The molecular weight excluding hydrogens is 390 g/mol. The summed E-state index contributed by atoms with van der Waals surface area (Å²) in [7, 11) is 1.67. The van der Waals surface area contributed by atoms with Crippen molar-refractivity contribution >= 4 is 34.8 Å². The van der Waals surface area contributed by atoms with Crippen LogP contribution in [0.15, 0.2) is 42.5 Å². The zero-order valence-corrected chi connectivity index (χ0v) is 17.4. The van der Waals surface area contributed by atoms with Crippen LogP contribution in [0, 0.1) is 6.92 Å². The first-order valence-electron chi connectivity index (χ1n) is 9.74. The molecule has 0 aliphatic carbocycles. The van der Waals surface area contributed by atoms with E-state index in [0.29, 0.717) is 23.8 Å². The Morgan fingerprint density at radius 1 is 1.03 bits per heavy atom. The van der Waals surface area contributed by atoms with Crippen LogP contribution in [0.25, 0.3) is 0 Å². The van der Waals surface area contributed by atoms with E-state index in [0.717, 1.165) is 30.1 Å². The van der Waals surface area contributed by atoms with Crippen LogP contribution in [0.3, 0.4) is 0 Å². The van der Waals surface area contributed by atoms with E-state index < -0.39 is 6.04 Å². The smallest absolute Gasteiger partial charge is 0.251 e. The standard InChI is InChI=1S/C22H24ClN3O3/c1-15-7-8-16(13-17(15)23)26-21(27)14-19(22(26)28)25-11-9-24(10-12-25)18-5-3-4-6-20(18)29-2/h3-8,13,19H,9-12,14H2,1-2H3/t19-/m0/s1. The number of imide groups is 1. The van der Waals surface area contributed by atoms with E-state index in [4.69, 9.17) is 16.3 Å². The molecule has 2 aromatic carbocycles. The fraction of sp³-hybridized carbons (Fsp3) is 0.364. The average molecular weight is 414 g/mol. The van der Waals surface area contributed by atoms with Gasteiger partial charge in [0.15, 0.2) is 0 Å². The molecule has 2 aliphatic rings. The van der Waals surface area contributed by atoms with Gasteiger partial charge >= 0.3 is 0 Å². The predicted octanol–water partition coefficient (Wildman–Crippen LogP) is 3.11. The van der Waals surface area contributed by atoms with Crippen molar-refractivity contribution in [1.82, 2.24) is 4.90 Å². The Kier molecular flexibility index (Phi) is 5.48. The summed E-state index contributed by atoms with van der Waals surface area (Å²) >= 11 is 6.20. The minimum absolute atomic E-state index is 0.166. The molecule has 0 saturated carbocycles. The molecule has 2 aromatic rings. The van der Waals surface area contributed by atoms with E-state index in [1.807, 2.05) is 37.3 Å². The Morgan fingerprint density at radius 2 is 1.76 bits per heavy atom. The summed E-state index contributed by atoms with van der Waals surface area (Å²) in [5, 5.41) is 0.553. The average Bonchev–Trinajstić information content (AvgIpc) is 3.04. The molecule has 0 N–H and O–H groups in total. The number of carbonyl (C=O) groups is 2. The highest BCUT2D eigenvalue weighted by molar-refractivity contribution is 6.32. The number of anilines is 2. The molecule has 1 atom stereocenters. The molecular formula is C22H24ClN3O3. The number of piperazine rings is 1. The fourth-order valence-electron chi connectivity index (χ4n) is 4.06. The van der Waals surface area contributed by atoms with Crippen LogP contribution in [0.1, 0.15) is 12.0 Å². The summed E-state index contributed by atoms with van der Waals surface area (Å²) < 4.78 is 5.47. The molecule has 0 bridgehead atoms. The normalized spacial score (nSPS) is 20.4. The molecule has 0 unspecified atom stereocenters. The van der Waals surface area contributed by atoms with E-state index in [2.05, 4.69) is 9.80 Å². The Labute approximate surface area is 175 Å². The lowest BCUT2D eigenvalue weighted by molar-refractivity contribution is -0.123. The maximum Gasteiger partial charge on any atom is 0.251 e. The molecule has 152 valence electrons. The highest BCUT2D eigenvalue weighted by atomic mass is 35.5. The Morgan fingerprint density at radius 3 is 2.45 bits per heavy atom. The summed E-state index contributed by atoms with van der Waals surface area (Å²) in [5.74, 6) is 0.503. The van der Waals surface area contributed by atoms with Crippen LogP contribution >= 0.6 is 11.6 Å². The van der Waals surface area contributed by atoms with Crippen molar-refractivity contribution < 1.29 is 14.3 Å². The van der Waals surface area contributed by atoms with Gasteiger partial charge in [0.2, 0.25) is 5.91 Å². The van der Waals surface area contributed by atoms with Gasteiger partial charge < -0.3 is 9.64 Å². The molecule has 2 saturated heterocycles. The summed E-state index contributed by atoms with van der Waals surface area (Å²) in [5.41, 5.74) is 2.52. The van der Waals surface area contributed by atoms with Crippen LogP contribution < -0.4 is 14.5 Å². The molecule has 0 radical (unpaired) electrons. The number of ether oxygens (including phenoxy) is 1. The number of benzene rings is 2. The topological polar surface area (TPSA) is 53.1 Å². The van der Waals surface area contributed by atoms with E-state index in [1.165, 1.54) is 4.90 Å². The van der Waals surface area contributed by atoms with Gasteiger partial charge in [-0.1, -0.05) is 29.8 Å². The molecule has 29 heavy (non-hydrogen) atoms. The number of amides is 2. The SMILES string of the molecule is COc1ccccc1N1CCN([C@H]2CC(=O)N(c3ccc(C)c(Cl)c3)C2=O)CC1. The van der Waals surface area contributed by atoms with E-state index in [9.17, 15) is 9.59 Å². The molecule has 2 aliphatic heterocycles. The van der Waals surface area contributed by atoms with Crippen molar-refractivity contribution in [3.8, 4) is 5.75 Å². The Balaban J connectivity index is 1.46. The quantitative estimate of drug-likeness (QED) is 0.721. The highest BCUT2D eigenvalue weighted by Crippen LogP contribution is 2.31. The maximum absolute atomic E-state index is 13.1. The van der Waals surface area contributed by atoms with Crippen molar-refractivity contribution in [2.24, 2.45) is 0 Å². The van der Waals surface area contributed by atoms with Crippen LogP contribution in [0.4, 0.5) is 11.4 Å². The Bertz CT molecular complexity index is 941. The molecule has 6 nitrogen and oxygen atoms in total. The molecule has 2 heterocycles. The second-order valence-corrected chi connectivity index (χ2v) is 7.82. The fourth-order valence-corrected chi connectivity index (χ4v) is 4.23. The monoisotopic (exact) mass is 413 g/mol. The van der Waals surface area contributed by atoms with E-state index in [1.54, 1.807) is 19.2 Å². The summed E-state index contributed by atoms with van der Waals surface area (Å²) in [6.07, 6.45) is 0.207. The molecule has 2 amide bonds. The number of para-hydroxylation sites is 2. The third kappa shape index (κ3) is 3.70. The molecule has 2 fully saturated rings. The van der Waals surface area contributed by atoms with Crippen molar-refractivity contribution in [3.05, 3.63) is 53.1 Å². The van der Waals surface area contributed by atoms with Gasteiger partial charge in [-0.25, -0.2) is 4.90 Å². The number of halogens is 1. The molecule has 0 spiro atoms. The third-order valence-corrected chi connectivity index (χ3v) is 6.12. The van der Waals surface area contributed by atoms with Crippen LogP contribution in [-0.4, -0.2) is 56.0 Å². The molecule has 4 rings (SSSR count). The van der Waals surface area contributed by atoms with Crippen molar-refractivity contribution in [1.29, 1.82) is 0 Å². The van der Waals surface area contributed by atoms with Gasteiger partial charge in [0, 0.05) is 31.2 Å². The lowest BCUT2D eigenvalue weighted by Gasteiger charge is -2.38. The second kappa shape index (κ2) is 8.05. The second-order valence-electron chi connectivity index (χ2n) is 7.42. The summed E-state index contributed by atoms with van der Waals surface area (Å²) in [6.45, 7) is 4.86. The summed E-state index contributed by atoms with van der Waals surface area (Å²) in [4.78, 5) is 31.3. The van der Waals surface area contributed by atoms with Gasteiger partial charge in [-0.2, -0.15) is 0 Å². The van der Waals surface area contributed by atoms with Gasteiger partial charge in [0.25, 0.3) is 5.91 Å². The summed E-state index contributed by atoms with van der Waals surface area (Å²) in [6, 6.07) is 12.8. The number of rotatable bonds is 4. The van der Waals surface area contributed by atoms with Crippen LogP contribution in [0.2, 0.25) is 5.02 Å². The lowest BCUT2D eigenvalue weighted by Crippen LogP contribution is -2.52. The third-order valence-electron chi connectivity index (χ3n) is 5.72. The van der Waals surface area contributed by atoms with Crippen molar-refractivity contribution in [2.75, 3.05) is 43.1 Å². The number of aryl methyl sites for hydroxylation is 1. The van der Waals surface area contributed by atoms with Gasteiger partial charge in [0.1, 0.15) is 5.75 Å². The first kappa shape index (κ1) is 19.7. The molecule has 7 heteroatoms. The van der Waals surface area contributed by atoms with E-state index >= 15 is 0 Å². The first-order chi connectivity index (χ1) is 14.0. The van der Waals surface area contributed by atoms with Gasteiger partial charge in [-0.15, -0.1) is 0 Å². The van der Waals surface area contributed by atoms with Gasteiger partial charge in [-0.05, 0) is 36.8 Å². The number of methoxy groups -OCH3 is 1. The number of carbonyl (C=O) groups excluding carboxylic acids is 2. The molecule has 0 aromatic heterocycles. The minimum Gasteiger partial charge on any atom is -0.495 e. The van der Waals surface area contributed by atoms with Crippen LogP contribution in [0.5, 0.6) is 5.75 Å². The van der Waals surface area contributed by atoms with Crippen LogP contribution in [-0.2, 0) is 9.59 Å². The van der Waals surface area contributed by atoms with E-state index in [-0.39, 0.29) is 18.2 Å². The zero-order valence-electron chi connectivity index (χ0n) is 16.6. The van der Waals surface area contributed by atoms with Gasteiger partial charge in [-0.3, -0.25) is 14.5 Å². The van der Waals surface area contributed by atoms with Crippen molar-refractivity contribution in [2.45, 2.75) is 19.4 Å². The lowest BCUT2D eigenvalue weighted by atomic mass is 10.1. The first-order valence-corrected chi connectivity index (χ1v) is 10.1. The largest absolute Gasteiger partial charge is 0.495 e. The minimum atomic E-state index is -0.414. The predicted molar refractivity (Wildman–Crippen MR) is 114 cm³/mol. The number of hydrogen-bond acceptors (Lipinski definition) is 5. The van der Waals surface area contributed by atoms with Crippen molar-refractivity contribution in [3.63, 3.8) is 0 Å². The number of nitrogens with zero attached hydrogens (tertiary/aromatic N) is 3. The Hall–Kier alpha value is -2.57. The maximum atomic E-state index is 13.1. The zero-order chi connectivity index (χ0) is 20.5. The number of hydrogen-bond donors (Lipinski definition) is 0. The highest BCUT2D eigenvalue weighted by Gasteiger charge is 2.43. The van der Waals surface area contributed by atoms with Gasteiger partial charge in [0.05, 0.1) is 30.9 Å².